The predicted molar refractivity (Wildman–Crippen MR) is 274 cm³/mol. The van der Waals surface area contributed by atoms with Crippen molar-refractivity contribution in [2.75, 3.05) is 13.2 Å². The van der Waals surface area contributed by atoms with Crippen LogP contribution in [0.25, 0.3) is 0 Å². The fourth-order valence-corrected chi connectivity index (χ4v) is 7.17. The summed E-state index contributed by atoms with van der Waals surface area (Å²) in [5.74, 6) is -0.968. The van der Waals surface area contributed by atoms with E-state index >= 15 is 0 Å². The molecule has 1 unspecified atom stereocenters. The zero-order valence-corrected chi connectivity index (χ0v) is 41.8. The van der Waals surface area contributed by atoms with Crippen LogP contribution in [0.2, 0.25) is 0 Å². The number of carbonyl (C=O) groups excluding carboxylic acids is 3. The SMILES string of the molecule is CC/C=C\C/C=C\C/C=C\C/C=C\C/C=C\CCCC(=O)OCC(COC(=O)CCCCCCCCCCCCCCCC)OC(=O)CCCCCCCC/C=C\C=C/CCCCC. The maximum absolute atomic E-state index is 12.8. The molecule has 0 saturated heterocycles. The van der Waals surface area contributed by atoms with Crippen molar-refractivity contribution in [1.29, 1.82) is 0 Å². The fraction of sp³-hybridized carbons (Fsp3) is 0.707. The van der Waals surface area contributed by atoms with Crippen LogP contribution in [0.15, 0.2) is 85.1 Å². The van der Waals surface area contributed by atoms with Crippen molar-refractivity contribution >= 4 is 17.9 Å². The monoisotopic (exact) mass is 891 g/mol. The van der Waals surface area contributed by atoms with Crippen LogP contribution in [-0.2, 0) is 28.6 Å². The molecule has 1 atom stereocenters. The van der Waals surface area contributed by atoms with Gasteiger partial charge in [-0.3, -0.25) is 14.4 Å². The average molecular weight is 891 g/mol. The maximum Gasteiger partial charge on any atom is 0.306 e. The minimum atomic E-state index is -0.804. The molecule has 0 aliphatic carbocycles. The van der Waals surface area contributed by atoms with Gasteiger partial charge in [0.15, 0.2) is 6.10 Å². The summed E-state index contributed by atoms with van der Waals surface area (Å²) >= 11 is 0. The number of hydrogen-bond donors (Lipinski definition) is 0. The van der Waals surface area contributed by atoms with Crippen molar-refractivity contribution in [1.82, 2.24) is 0 Å². The molecule has 0 aliphatic heterocycles. The molecule has 0 bridgehead atoms. The topological polar surface area (TPSA) is 78.9 Å². The average Bonchev–Trinajstić information content (AvgIpc) is 3.29. The Bertz CT molecular complexity index is 1250. The van der Waals surface area contributed by atoms with Gasteiger partial charge in [0.05, 0.1) is 0 Å². The molecule has 6 nitrogen and oxygen atoms in total. The van der Waals surface area contributed by atoms with Gasteiger partial charge >= 0.3 is 17.9 Å². The van der Waals surface area contributed by atoms with Gasteiger partial charge in [0.2, 0.25) is 0 Å². The smallest absolute Gasteiger partial charge is 0.306 e. The summed E-state index contributed by atoms with van der Waals surface area (Å²) in [5.41, 5.74) is 0. The molecule has 0 fully saturated rings. The number of ether oxygens (including phenoxy) is 3. The van der Waals surface area contributed by atoms with Crippen LogP contribution < -0.4 is 0 Å². The Hall–Kier alpha value is -3.41. The van der Waals surface area contributed by atoms with E-state index in [4.69, 9.17) is 14.2 Å². The molecular weight excluding hydrogens is 793 g/mol. The van der Waals surface area contributed by atoms with E-state index in [0.717, 1.165) is 89.9 Å². The molecule has 0 rings (SSSR count). The molecule has 64 heavy (non-hydrogen) atoms. The standard InChI is InChI=1S/C58H98O6/c1-4-7-10-13-16-19-22-25-28-29-31-33-36-39-42-45-48-51-57(60)63-54-55(53-62-56(59)50-47-44-41-38-35-32-27-24-21-18-15-12-9-6-3)64-58(61)52-49-46-43-40-37-34-30-26-23-20-17-14-11-8-5-2/h7,10,16-17,19-20,23,25-26,28,31,33,39,42,55H,4-6,8-9,11-15,18,21-22,24,27,29-30,32,34-38,40-41,43-54H2,1-3H3/b10-7-,19-16-,20-17-,26-23-,28-25-,33-31-,42-39-. The Morgan fingerprint density at radius 2 is 0.672 bits per heavy atom. The Kier molecular flexibility index (Phi) is 49.4. The molecule has 0 aromatic carbocycles. The first-order valence-corrected chi connectivity index (χ1v) is 26.6. The molecule has 0 spiro atoms. The second kappa shape index (κ2) is 52.2. The van der Waals surface area contributed by atoms with Gasteiger partial charge in [-0.25, -0.2) is 0 Å². The normalized spacial score (nSPS) is 12.7. The summed E-state index contributed by atoms with van der Waals surface area (Å²) in [6.07, 6.45) is 67.1. The number of allylic oxidation sites excluding steroid dienone is 14. The molecule has 0 amide bonds. The molecule has 0 N–H and O–H groups in total. The van der Waals surface area contributed by atoms with Crippen LogP contribution in [-0.4, -0.2) is 37.2 Å². The molecule has 0 aromatic rings. The second-order valence-electron chi connectivity index (χ2n) is 17.4. The lowest BCUT2D eigenvalue weighted by Crippen LogP contribution is -2.30. The number of unbranched alkanes of at least 4 members (excludes halogenated alkanes) is 23. The van der Waals surface area contributed by atoms with Gasteiger partial charge < -0.3 is 14.2 Å². The van der Waals surface area contributed by atoms with Gasteiger partial charge in [-0.15, -0.1) is 0 Å². The van der Waals surface area contributed by atoms with Gasteiger partial charge in [0.1, 0.15) is 13.2 Å². The largest absolute Gasteiger partial charge is 0.462 e. The summed E-state index contributed by atoms with van der Waals surface area (Å²) in [6.45, 7) is 6.44. The van der Waals surface area contributed by atoms with Crippen LogP contribution in [0.1, 0.15) is 245 Å². The van der Waals surface area contributed by atoms with Crippen molar-refractivity contribution in [3.63, 3.8) is 0 Å². The van der Waals surface area contributed by atoms with Crippen LogP contribution in [0.5, 0.6) is 0 Å². The lowest BCUT2D eigenvalue weighted by Gasteiger charge is -2.18. The number of carbonyl (C=O) groups is 3. The van der Waals surface area contributed by atoms with Crippen LogP contribution >= 0.6 is 0 Å². The molecule has 0 radical (unpaired) electrons. The number of hydrogen-bond acceptors (Lipinski definition) is 6. The minimum absolute atomic E-state index is 0.0976. The molecule has 366 valence electrons. The Morgan fingerprint density at radius 1 is 0.344 bits per heavy atom. The van der Waals surface area contributed by atoms with E-state index in [9.17, 15) is 14.4 Å². The highest BCUT2D eigenvalue weighted by Gasteiger charge is 2.19. The van der Waals surface area contributed by atoms with Crippen LogP contribution in [0.3, 0.4) is 0 Å². The summed E-state index contributed by atoms with van der Waals surface area (Å²) in [7, 11) is 0. The summed E-state index contributed by atoms with van der Waals surface area (Å²) in [5, 5.41) is 0. The summed E-state index contributed by atoms with van der Waals surface area (Å²) < 4.78 is 16.8. The van der Waals surface area contributed by atoms with Crippen molar-refractivity contribution < 1.29 is 28.6 Å². The summed E-state index contributed by atoms with van der Waals surface area (Å²) in [6, 6.07) is 0. The van der Waals surface area contributed by atoms with Crippen LogP contribution in [0.4, 0.5) is 0 Å². The van der Waals surface area contributed by atoms with Gasteiger partial charge in [0.25, 0.3) is 0 Å². The fourth-order valence-electron chi connectivity index (χ4n) is 7.17. The van der Waals surface area contributed by atoms with E-state index in [1.165, 1.54) is 109 Å². The van der Waals surface area contributed by atoms with E-state index in [1.54, 1.807) is 0 Å². The lowest BCUT2D eigenvalue weighted by molar-refractivity contribution is -0.167. The van der Waals surface area contributed by atoms with E-state index in [0.29, 0.717) is 19.3 Å². The lowest BCUT2D eigenvalue weighted by atomic mass is 10.0. The Balaban J connectivity index is 4.49. The molecular formula is C58H98O6. The zero-order valence-electron chi connectivity index (χ0n) is 41.8. The quantitative estimate of drug-likeness (QED) is 0.0199. The highest BCUT2D eigenvalue weighted by molar-refractivity contribution is 5.71. The zero-order chi connectivity index (χ0) is 46.5. The van der Waals surface area contributed by atoms with E-state index in [2.05, 4.69) is 106 Å². The molecule has 0 aliphatic rings. The van der Waals surface area contributed by atoms with E-state index < -0.39 is 6.10 Å². The van der Waals surface area contributed by atoms with Crippen LogP contribution in [0, 0.1) is 0 Å². The number of esters is 3. The van der Waals surface area contributed by atoms with Gasteiger partial charge in [-0.1, -0.05) is 228 Å². The first-order valence-electron chi connectivity index (χ1n) is 26.6. The second-order valence-corrected chi connectivity index (χ2v) is 17.4. The van der Waals surface area contributed by atoms with E-state index in [-0.39, 0.29) is 37.5 Å². The number of rotatable bonds is 47. The third-order valence-electron chi connectivity index (χ3n) is 11.2. The van der Waals surface area contributed by atoms with Gasteiger partial charge in [-0.05, 0) is 83.5 Å². The van der Waals surface area contributed by atoms with Crippen molar-refractivity contribution in [2.45, 2.75) is 252 Å². The Labute approximate surface area is 395 Å². The maximum atomic E-state index is 12.8. The van der Waals surface area contributed by atoms with Crippen molar-refractivity contribution in [2.24, 2.45) is 0 Å². The molecule has 0 saturated carbocycles. The molecule has 0 heterocycles. The van der Waals surface area contributed by atoms with Gasteiger partial charge in [-0.2, -0.15) is 0 Å². The first kappa shape index (κ1) is 60.6. The molecule has 6 heteroatoms. The molecule has 0 aromatic heterocycles. The highest BCUT2D eigenvalue weighted by Crippen LogP contribution is 2.15. The third kappa shape index (κ3) is 49.6. The third-order valence-corrected chi connectivity index (χ3v) is 11.2. The Morgan fingerprint density at radius 3 is 1.12 bits per heavy atom. The highest BCUT2D eigenvalue weighted by atomic mass is 16.6. The van der Waals surface area contributed by atoms with E-state index in [1.807, 2.05) is 0 Å². The minimum Gasteiger partial charge on any atom is -0.462 e. The van der Waals surface area contributed by atoms with Crippen molar-refractivity contribution in [3.8, 4) is 0 Å². The van der Waals surface area contributed by atoms with Crippen molar-refractivity contribution in [3.05, 3.63) is 85.1 Å². The predicted octanol–water partition coefficient (Wildman–Crippen LogP) is 17.6. The van der Waals surface area contributed by atoms with Gasteiger partial charge in [0, 0.05) is 19.3 Å². The summed E-state index contributed by atoms with van der Waals surface area (Å²) in [4.78, 5) is 38.0. The first-order chi connectivity index (χ1) is 31.5.